The number of hydrazone groups is 1. The van der Waals surface area contributed by atoms with E-state index in [0.717, 1.165) is 22.6 Å². The maximum atomic E-state index is 12.6. The van der Waals surface area contributed by atoms with Crippen LogP contribution in [0.5, 0.6) is 5.75 Å². The molecular weight excluding hydrogens is 396 g/mol. The Morgan fingerprint density at radius 2 is 1.97 bits per heavy atom. The van der Waals surface area contributed by atoms with Crippen LogP contribution in [0.25, 0.3) is 6.08 Å². The molecule has 2 aliphatic heterocycles. The summed E-state index contributed by atoms with van der Waals surface area (Å²) in [6.07, 6.45) is 2.46. The van der Waals surface area contributed by atoms with Crippen molar-refractivity contribution in [3.63, 3.8) is 0 Å². The lowest BCUT2D eigenvalue weighted by atomic mass is 10.1. The summed E-state index contributed by atoms with van der Waals surface area (Å²) in [6.45, 7) is 4.68. The molecule has 2 aliphatic rings. The van der Waals surface area contributed by atoms with Gasteiger partial charge in [0, 0.05) is 6.42 Å². The molecule has 0 saturated carbocycles. The van der Waals surface area contributed by atoms with Gasteiger partial charge in [-0.2, -0.15) is 15.1 Å². The van der Waals surface area contributed by atoms with Gasteiger partial charge in [0.1, 0.15) is 17.4 Å². The van der Waals surface area contributed by atoms with Crippen LogP contribution in [0.2, 0.25) is 0 Å². The minimum atomic E-state index is -0.421. The predicted octanol–water partition coefficient (Wildman–Crippen LogP) is 4.93. The number of nitrogens with one attached hydrogen (secondary N) is 1. The van der Waals surface area contributed by atoms with Crippen molar-refractivity contribution in [1.29, 1.82) is 5.41 Å². The fraction of sp³-hybridized carbons (Fsp3) is 0.217. The average Bonchev–Trinajstić information content (AvgIpc) is 3.12. The van der Waals surface area contributed by atoms with Crippen molar-refractivity contribution in [3.05, 3.63) is 71.3 Å². The molecule has 0 radical (unpaired) electrons. The first-order valence-corrected chi connectivity index (χ1v) is 10.6. The second kappa shape index (κ2) is 8.67. The molecule has 6 nitrogen and oxygen atoms in total. The van der Waals surface area contributed by atoms with Gasteiger partial charge >= 0.3 is 0 Å². The van der Waals surface area contributed by atoms with E-state index < -0.39 is 5.91 Å². The number of ether oxygens (including phenoxy) is 1. The first kappa shape index (κ1) is 20.1. The summed E-state index contributed by atoms with van der Waals surface area (Å²) >= 11 is 1.36. The van der Waals surface area contributed by atoms with Crippen LogP contribution in [0.4, 0.5) is 0 Å². The Labute approximate surface area is 179 Å². The molecule has 2 aromatic rings. The fourth-order valence-corrected chi connectivity index (χ4v) is 4.16. The number of benzene rings is 2. The molecule has 0 aromatic heterocycles. The van der Waals surface area contributed by atoms with Gasteiger partial charge in [0.25, 0.3) is 5.91 Å². The summed E-state index contributed by atoms with van der Waals surface area (Å²) in [5, 5.41) is 15.7. The molecule has 7 heteroatoms. The fourth-order valence-electron chi connectivity index (χ4n) is 3.07. The Morgan fingerprint density at radius 1 is 1.17 bits per heavy atom. The first-order valence-electron chi connectivity index (χ1n) is 9.75. The number of aliphatic imine (C=N–C) groups is 1. The summed E-state index contributed by atoms with van der Waals surface area (Å²) in [5.74, 6) is 0.764. The molecule has 1 N–H and O–H groups in total. The van der Waals surface area contributed by atoms with Gasteiger partial charge in [0.15, 0.2) is 5.84 Å². The number of rotatable bonds is 6. The van der Waals surface area contributed by atoms with Crippen molar-refractivity contribution in [2.45, 2.75) is 26.9 Å². The molecule has 0 unspecified atom stereocenters. The maximum absolute atomic E-state index is 12.6. The zero-order chi connectivity index (χ0) is 21.1. The number of hydrogen-bond donors (Lipinski definition) is 1. The van der Waals surface area contributed by atoms with E-state index in [9.17, 15) is 4.79 Å². The van der Waals surface area contributed by atoms with Gasteiger partial charge in [0.05, 0.1) is 5.57 Å². The van der Waals surface area contributed by atoms with E-state index in [1.54, 1.807) is 6.08 Å². The molecule has 4 rings (SSSR count). The molecule has 2 heterocycles. The largest absolute Gasteiger partial charge is 0.489 e. The summed E-state index contributed by atoms with van der Waals surface area (Å²) in [7, 11) is 0. The first-order chi connectivity index (χ1) is 14.5. The highest BCUT2D eigenvalue weighted by Gasteiger charge is 2.35. The number of hydrogen-bond acceptors (Lipinski definition) is 5. The molecule has 0 fully saturated rings. The van der Waals surface area contributed by atoms with Gasteiger partial charge in [-0.05, 0) is 47.0 Å². The lowest BCUT2D eigenvalue weighted by Gasteiger charge is -2.20. The van der Waals surface area contributed by atoms with E-state index in [-0.39, 0.29) is 11.4 Å². The van der Waals surface area contributed by atoms with Crippen LogP contribution in [0.1, 0.15) is 31.4 Å². The topological polar surface area (TPSA) is 78.1 Å². The number of fused-ring (bicyclic) bond motifs is 1. The van der Waals surface area contributed by atoms with Crippen molar-refractivity contribution in [2.75, 3.05) is 0 Å². The van der Waals surface area contributed by atoms with Crippen molar-refractivity contribution in [3.8, 4) is 5.75 Å². The zero-order valence-corrected chi connectivity index (χ0v) is 17.6. The van der Waals surface area contributed by atoms with Crippen LogP contribution < -0.4 is 4.74 Å². The lowest BCUT2D eigenvalue weighted by Crippen LogP contribution is -2.35. The van der Waals surface area contributed by atoms with E-state index in [1.165, 1.54) is 16.8 Å². The van der Waals surface area contributed by atoms with E-state index in [4.69, 9.17) is 10.1 Å². The van der Waals surface area contributed by atoms with E-state index >= 15 is 0 Å². The monoisotopic (exact) mass is 418 g/mol. The molecule has 30 heavy (non-hydrogen) atoms. The number of carbonyl (C=O) groups excluding carboxylic acids is 1. The molecule has 1 amide bonds. The van der Waals surface area contributed by atoms with E-state index in [0.29, 0.717) is 23.4 Å². The number of nitrogens with zero attached hydrogens (tertiary/aromatic N) is 3. The third-order valence-electron chi connectivity index (χ3n) is 4.50. The van der Waals surface area contributed by atoms with Crippen LogP contribution in [-0.2, 0) is 11.4 Å². The molecule has 0 aliphatic carbocycles. The van der Waals surface area contributed by atoms with E-state index in [1.807, 2.05) is 54.6 Å². The molecule has 0 bridgehead atoms. The predicted molar refractivity (Wildman–Crippen MR) is 122 cm³/mol. The van der Waals surface area contributed by atoms with Crippen LogP contribution in [-0.4, -0.2) is 27.0 Å². The highest BCUT2D eigenvalue weighted by molar-refractivity contribution is 8.26. The minimum absolute atomic E-state index is 0.0480. The van der Waals surface area contributed by atoms with Gasteiger partial charge in [-0.1, -0.05) is 56.3 Å². The van der Waals surface area contributed by atoms with Crippen molar-refractivity contribution >= 4 is 39.8 Å². The summed E-state index contributed by atoms with van der Waals surface area (Å²) in [4.78, 5) is 16.7. The van der Waals surface area contributed by atoms with Gasteiger partial charge < -0.3 is 4.74 Å². The van der Waals surface area contributed by atoms with Crippen molar-refractivity contribution in [2.24, 2.45) is 16.0 Å². The zero-order valence-electron chi connectivity index (χ0n) is 16.8. The number of carbonyl (C=O) groups is 1. The third kappa shape index (κ3) is 4.52. The van der Waals surface area contributed by atoms with Crippen LogP contribution >= 0.6 is 11.8 Å². The van der Waals surface area contributed by atoms with Crippen molar-refractivity contribution in [1.82, 2.24) is 5.01 Å². The highest BCUT2D eigenvalue weighted by Crippen LogP contribution is 2.30. The summed E-state index contributed by atoms with van der Waals surface area (Å²) < 4.78 is 5.86. The van der Waals surface area contributed by atoms with Gasteiger partial charge in [-0.15, -0.1) is 0 Å². The third-order valence-corrected chi connectivity index (χ3v) is 5.43. The Kier molecular flexibility index (Phi) is 5.81. The minimum Gasteiger partial charge on any atom is -0.489 e. The standard InChI is InChI=1S/C23H22N4O2S/c1-15(2)11-20-26-27-21(24)19(22(28)25-23(27)30-20)13-17-9-6-10-18(12-17)29-14-16-7-4-3-5-8-16/h3-10,12-13,15,24H,11,14H2,1-2H3. The number of thioether (sulfide) groups is 1. The number of amides is 1. The second-order valence-electron chi connectivity index (χ2n) is 7.46. The normalized spacial score (nSPS) is 17.3. The molecule has 0 saturated heterocycles. The van der Waals surface area contributed by atoms with Crippen LogP contribution in [0.15, 0.2) is 70.3 Å². The maximum Gasteiger partial charge on any atom is 0.283 e. The molecule has 0 spiro atoms. The molecular formula is C23H22N4O2S. The molecule has 152 valence electrons. The Bertz CT molecular complexity index is 1070. The quantitative estimate of drug-likeness (QED) is 0.675. The van der Waals surface area contributed by atoms with Gasteiger partial charge in [-0.25, -0.2) is 0 Å². The van der Waals surface area contributed by atoms with Crippen LogP contribution in [0, 0.1) is 11.3 Å². The van der Waals surface area contributed by atoms with Crippen LogP contribution in [0.3, 0.4) is 0 Å². The van der Waals surface area contributed by atoms with Crippen molar-refractivity contribution < 1.29 is 9.53 Å². The molecule has 2 aromatic carbocycles. The smallest absolute Gasteiger partial charge is 0.283 e. The SMILES string of the molecule is CC(C)CC1=NN2C(=N)C(=Cc3cccc(OCc4ccccc4)c3)C(=O)N=C2S1. The average molecular weight is 419 g/mol. The Morgan fingerprint density at radius 3 is 2.73 bits per heavy atom. The lowest BCUT2D eigenvalue weighted by molar-refractivity contribution is -0.114. The second-order valence-corrected chi connectivity index (χ2v) is 8.50. The Hall–Kier alpha value is -3.19. The summed E-state index contributed by atoms with van der Waals surface area (Å²) in [6, 6.07) is 17.4. The van der Waals surface area contributed by atoms with Gasteiger partial charge in [0.2, 0.25) is 5.17 Å². The number of amidine groups is 2. The molecule has 0 atom stereocenters. The highest BCUT2D eigenvalue weighted by atomic mass is 32.2. The summed E-state index contributed by atoms with van der Waals surface area (Å²) in [5.41, 5.74) is 2.06. The van der Waals surface area contributed by atoms with E-state index in [2.05, 4.69) is 23.9 Å². The Balaban J connectivity index is 1.53. The van der Waals surface area contributed by atoms with Gasteiger partial charge in [-0.3, -0.25) is 10.2 Å².